The lowest BCUT2D eigenvalue weighted by atomic mass is 9.99. The number of para-hydroxylation sites is 1. The maximum Gasteiger partial charge on any atom is 0.0569 e. The van der Waals surface area contributed by atoms with Crippen molar-refractivity contribution in [2.75, 3.05) is 0 Å². The molecular formula is C21H21NS. The predicted octanol–water partition coefficient (Wildman–Crippen LogP) is 6.48. The second-order valence-corrected chi connectivity index (χ2v) is 7.21. The summed E-state index contributed by atoms with van der Waals surface area (Å²) in [7, 11) is 0. The average Bonchev–Trinajstić information content (AvgIpc) is 3.15. The number of H-pyrrole nitrogens is 1. The van der Waals surface area contributed by atoms with Crippen molar-refractivity contribution in [3.63, 3.8) is 0 Å². The Hall–Kier alpha value is -2.06. The monoisotopic (exact) mass is 319 g/mol. The van der Waals surface area contributed by atoms with Crippen LogP contribution in [0, 0.1) is 6.92 Å². The maximum atomic E-state index is 3.59. The summed E-state index contributed by atoms with van der Waals surface area (Å²) in [6.45, 7) is 6.76. The SMILES string of the molecule is CCc1cc(CC)c2c(C)c(-c3cc4ccccc4[nH]3)sc2c1. The lowest BCUT2D eigenvalue weighted by Crippen LogP contribution is -1.88. The van der Waals surface area contributed by atoms with E-state index >= 15 is 0 Å². The number of fused-ring (bicyclic) bond motifs is 2. The Morgan fingerprint density at radius 1 is 1.00 bits per heavy atom. The highest BCUT2D eigenvalue weighted by Gasteiger charge is 2.15. The van der Waals surface area contributed by atoms with Crippen LogP contribution >= 0.6 is 11.3 Å². The molecule has 2 heteroatoms. The zero-order chi connectivity index (χ0) is 16.0. The van der Waals surface area contributed by atoms with Gasteiger partial charge in [0.05, 0.1) is 10.6 Å². The molecule has 0 atom stereocenters. The van der Waals surface area contributed by atoms with E-state index in [0.29, 0.717) is 0 Å². The van der Waals surface area contributed by atoms with E-state index in [1.807, 2.05) is 11.3 Å². The van der Waals surface area contributed by atoms with Crippen molar-refractivity contribution in [2.45, 2.75) is 33.6 Å². The summed E-state index contributed by atoms with van der Waals surface area (Å²) in [6, 6.07) is 15.5. The first-order valence-electron chi connectivity index (χ1n) is 8.34. The number of rotatable bonds is 3. The number of benzene rings is 2. The lowest BCUT2D eigenvalue weighted by molar-refractivity contribution is 1.10. The van der Waals surface area contributed by atoms with Crippen molar-refractivity contribution < 1.29 is 0 Å². The number of aryl methyl sites for hydroxylation is 3. The summed E-state index contributed by atoms with van der Waals surface area (Å²) in [4.78, 5) is 4.96. The van der Waals surface area contributed by atoms with Crippen molar-refractivity contribution in [3.8, 4) is 10.6 Å². The first-order valence-corrected chi connectivity index (χ1v) is 9.16. The molecule has 2 aromatic carbocycles. The quantitative estimate of drug-likeness (QED) is 0.444. The van der Waals surface area contributed by atoms with Gasteiger partial charge in [-0.25, -0.2) is 0 Å². The second-order valence-electron chi connectivity index (χ2n) is 6.16. The third kappa shape index (κ3) is 2.29. The molecule has 0 saturated carbocycles. The molecule has 116 valence electrons. The topological polar surface area (TPSA) is 15.8 Å². The minimum atomic E-state index is 1.09. The van der Waals surface area contributed by atoms with E-state index in [1.54, 1.807) is 0 Å². The Labute approximate surface area is 141 Å². The molecule has 4 aromatic rings. The second kappa shape index (κ2) is 5.54. The van der Waals surface area contributed by atoms with E-state index in [1.165, 1.54) is 48.3 Å². The fraction of sp³-hybridized carbons (Fsp3) is 0.238. The van der Waals surface area contributed by atoms with Gasteiger partial charge in [-0.05, 0) is 60.0 Å². The lowest BCUT2D eigenvalue weighted by Gasteiger charge is -2.05. The van der Waals surface area contributed by atoms with E-state index in [9.17, 15) is 0 Å². The summed E-state index contributed by atoms with van der Waals surface area (Å²) >= 11 is 1.92. The van der Waals surface area contributed by atoms with Crippen LogP contribution < -0.4 is 0 Å². The highest BCUT2D eigenvalue weighted by molar-refractivity contribution is 7.22. The first kappa shape index (κ1) is 14.5. The average molecular weight is 319 g/mol. The molecule has 0 bridgehead atoms. The molecule has 0 radical (unpaired) electrons. The smallest absolute Gasteiger partial charge is 0.0569 e. The van der Waals surface area contributed by atoms with Crippen LogP contribution in [0.15, 0.2) is 42.5 Å². The Balaban J connectivity index is 1.98. The molecule has 0 amide bonds. The van der Waals surface area contributed by atoms with Crippen LogP contribution in [0.2, 0.25) is 0 Å². The Kier molecular flexibility index (Phi) is 3.50. The van der Waals surface area contributed by atoms with Gasteiger partial charge < -0.3 is 4.98 Å². The maximum absolute atomic E-state index is 3.59. The Morgan fingerprint density at radius 3 is 2.57 bits per heavy atom. The molecule has 0 aliphatic rings. The number of aromatic amines is 1. The van der Waals surface area contributed by atoms with Crippen LogP contribution in [0.5, 0.6) is 0 Å². The van der Waals surface area contributed by atoms with Gasteiger partial charge in [0.1, 0.15) is 0 Å². The van der Waals surface area contributed by atoms with Gasteiger partial charge in [0.2, 0.25) is 0 Å². The normalized spacial score (nSPS) is 11.6. The number of thiophene rings is 1. The summed E-state index contributed by atoms with van der Waals surface area (Å²) in [5.74, 6) is 0. The molecule has 2 heterocycles. The highest BCUT2D eigenvalue weighted by atomic mass is 32.1. The van der Waals surface area contributed by atoms with Crippen LogP contribution in [0.1, 0.15) is 30.5 Å². The zero-order valence-corrected chi connectivity index (χ0v) is 14.7. The van der Waals surface area contributed by atoms with Crippen molar-refractivity contribution in [3.05, 3.63) is 59.2 Å². The minimum Gasteiger partial charge on any atom is -0.354 e. The molecule has 2 aromatic heterocycles. The van der Waals surface area contributed by atoms with E-state index in [4.69, 9.17) is 0 Å². The van der Waals surface area contributed by atoms with Gasteiger partial charge >= 0.3 is 0 Å². The first-order chi connectivity index (χ1) is 11.2. The fourth-order valence-electron chi connectivity index (χ4n) is 3.48. The summed E-state index contributed by atoms with van der Waals surface area (Å²) in [6.07, 6.45) is 2.19. The predicted molar refractivity (Wildman–Crippen MR) is 103 cm³/mol. The van der Waals surface area contributed by atoms with Crippen molar-refractivity contribution >= 4 is 32.3 Å². The van der Waals surface area contributed by atoms with Crippen LogP contribution in [-0.2, 0) is 12.8 Å². The summed E-state index contributed by atoms with van der Waals surface area (Å²) < 4.78 is 1.42. The van der Waals surface area contributed by atoms with Gasteiger partial charge in [0.15, 0.2) is 0 Å². The summed E-state index contributed by atoms with van der Waals surface area (Å²) in [5.41, 5.74) is 6.79. The van der Waals surface area contributed by atoms with E-state index in [2.05, 4.69) is 68.2 Å². The van der Waals surface area contributed by atoms with Gasteiger partial charge in [-0.2, -0.15) is 0 Å². The van der Waals surface area contributed by atoms with Crippen molar-refractivity contribution in [1.82, 2.24) is 4.98 Å². The fourth-order valence-corrected chi connectivity index (χ4v) is 4.77. The van der Waals surface area contributed by atoms with Crippen LogP contribution in [0.25, 0.3) is 31.6 Å². The molecule has 1 nitrogen and oxygen atoms in total. The van der Waals surface area contributed by atoms with Gasteiger partial charge in [0.25, 0.3) is 0 Å². The van der Waals surface area contributed by atoms with Gasteiger partial charge in [-0.3, -0.25) is 0 Å². The molecule has 1 N–H and O–H groups in total. The Morgan fingerprint density at radius 2 is 1.83 bits per heavy atom. The molecule has 0 fully saturated rings. The van der Waals surface area contributed by atoms with Crippen molar-refractivity contribution in [2.24, 2.45) is 0 Å². The summed E-state index contributed by atoms with van der Waals surface area (Å²) in [5, 5.41) is 2.74. The molecular weight excluding hydrogens is 298 g/mol. The van der Waals surface area contributed by atoms with E-state index in [0.717, 1.165) is 12.8 Å². The Bertz CT molecular complexity index is 970. The van der Waals surface area contributed by atoms with Crippen LogP contribution in [0.3, 0.4) is 0 Å². The largest absolute Gasteiger partial charge is 0.354 e. The zero-order valence-electron chi connectivity index (χ0n) is 13.9. The number of hydrogen-bond donors (Lipinski definition) is 1. The van der Waals surface area contributed by atoms with E-state index < -0.39 is 0 Å². The van der Waals surface area contributed by atoms with E-state index in [-0.39, 0.29) is 0 Å². The standard InChI is InChI=1S/C21H21NS/c1-4-14-10-15(5-2)20-13(3)21(23-19(20)11-14)18-12-16-8-6-7-9-17(16)22-18/h6-12,22H,4-5H2,1-3H3. The molecule has 0 spiro atoms. The van der Waals surface area contributed by atoms with Gasteiger partial charge in [0, 0.05) is 15.6 Å². The molecule has 0 unspecified atom stereocenters. The van der Waals surface area contributed by atoms with Crippen LogP contribution in [-0.4, -0.2) is 4.98 Å². The van der Waals surface area contributed by atoms with Crippen molar-refractivity contribution in [1.29, 1.82) is 0 Å². The molecule has 23 heavy (non-hydrogen) atoms. The molecule has 4 rings (SSSR count). The third-order valence-electron chi connectivity index (χ3n) is 4.73. The number of hydrogen-bond acceptors (Lipinski definition) is 1. The van der Waals surface area contributed by atoms with Gasteiger partial charge in [-0.1, -0.05) is 38.1 Å². The molecule has 0 saturated heterocycles. The number of aromatic nitrogens is 1. The molecule has 0 aliphatic carbocycles. The van der Waals surface area contributed by atoms with Crippen LogP contribution in [0.4, 0.5) is 0 Å². The number of nitrogens with one attached hydrogen (secondary N) is 1. The minimum absolute atomic E-state index is 1.09. The molecule has 0 aliphatic heterocycles. The van der Waals surface area contributed by atoms with Gasteiger partial charge in [-0.15, -0.1) is 11.3 Å². The highest BCUT2D eigenvalue weighted by Crippen LogP contribution is 2.41. The third-order valence-corrected chi connectivity index (χ3v) is 6.01.